The second kappa shape index (κ2) is 5.17. The van der Waals surface area contributed by atoms with Crippen LogP contribution in [0.15, 0.2) is 40.4 Å². The number of allylic oxidation sites excluding steroid dienone is 4. The Hall–Kier alpha value is -1.84. The first-order valence-electron chi connectivity index (χ1n) is 6.50. The molecule has 0 aliphatic heterocycles. The highest BCUT2D eigenvalue weighted by Crippen LogP contribution is 2.37. The molecule has 0 bridgehead atoms. The molecule has 3 rings (SSSR count). The normalized spacial score (nSPS) is 15.9. The molecule has 0 spiro atoms. The van der Waals surface area contributed by atoms with Crippen LogP contribution in [-0.4, -0.2) is 16.6 Å². The van der Waals surface area contributed by atoms with Crippen LogP contribution in [0.5, 0.6) is 0 Å². The number of fused-ring (bicyclic) bond motifs is 1. The topological polar surface area (TPSA) is 49.9 Å². The molecule has 0 unspecified atom stereocenters. The summed E-state index contributed by atoms with van der Waals surface area (Å²) >= 11 is 12.0. The number of ketones is 2. The number of Topliss-reactive ketones (excluding diaryl/α,β-unsaturated/α-hetero) is 1. The Morgan fingerprint density at radius 3 is 2.57 bits per heavy atom. The number of aromatic amines is 1. The highest BCUT2D eigenvalue weighted by molar-refractivity contribution is 6.62. The van der Waals surface area contributed by atoms with Crippen LogP contribution in [0.4, 0.5) is 0 Å². The van der Waals surface area contributed by atoms with Gasteiger partial charge in [0.15, 0.2) is 5.78 Å². The molecule has 0 radical (unpaired) electrons. The lowest BCUT2D eigenvalue weighted by Gasteiger charge is -2.13. The summed E-state index contributed by atoms with van der Waals surface area (Å²) in [5, 5.41) is 0.672. The van der Waals surface area contributed by atoms with Crippen LogP contribution in [0, 0.1) is 0 Å². The summed E-state index contributed by atoms with van der Waals surface area (Å²) in [5.74, 6) is -0.857. The zero-order valence-electron chi connectivity index (χ0n) is 11.2. The van der Waals surface area contributed by atoms with E-state index in [1.165, 1.54) is 0 Å². The van der Waals surface area contributed by atoms with Gasteiger partial charge in [-0.25, -0.2) is 0 Å². The molecule has 1 aliphatic rings. The summed E-state index contributed by atoms with van der Waals surface area (Å²) in [6, 6.07) is 7.58. The number of nitrogens with one attached hydrogen (secondary N) is 1. The standard InChI is InChI=1S/C16H11Cl2NO2/c1-2-10-13(8-5-3-4-6-11(8)19-10)14-15(18)12(20)7-9(17)16(14)21/h3-7,19H,2H2,1H3. The van der Waals surface area contributed by atoms with Crippen molar-refractivity contribution in [3.63, 3.8) is 0 Å². The number of aryl methyl sites for hydroxylation is 1. The molecular weight excluding hydrogens is 309 g/mol. The molecule has 2 aromatic rings. The van der Waals surface area contributed by atoms with Gasteiger partial charge in [0.05, 0.1) is 15.6 Å². The van der Waals surface area contributed by atoms with Crippen molar-refractivity contribution >= 4 is 51.2 Å². The van der Waals surface area contributed by atoms with E-state index in [9.17, 15) is 9.59 Å². The number of hydrogen-bond acceptors (Lipinski definition) is 2. The Morgan fingerprint density at radius 2 is 1.86 bits per heavy atom. The molecule has 0 amide bonds. The summed E-state index contributed by atoms with van der Waals surface area (Å²) < 4.78 is 0. The molecule has 0 atom stereocenters. The van der Waals surface area contributed by atoms with Gasteiger partial charge in [-0.2, -0.15) is 0 Å². The number of carbonyl (C=O) groups excluding carboxylic acids is 2. The third-order valence-electron chi connectivity index (χ3n) is 3.52. The third kappa shape index (κ3) is 2.13. The fourth-order valence-corrected chi connectivity index (χ4v) is 2.99. The highest BCUT2D eigenvalue weighted by Gasteiger charge is 2.30. The Bertz CT molecular complexity index is 843. The van der Waals surface area contributed by atoms with Gasteiger partial charge >= 0.3 is 0 Å². The van der Waals surface area contributed by atoms with E-state index in [0.717, 1.165) is 22.7 Å². The minimum Gasteiger partial charge on any atom is -0.358 e. The van der Waals surface area contributed by atoms with E-state index in [1.807, 2.05) is 31.2 Å². The Kier molecular flexibility index (Phi) is 3.47. The molecule has 1 aromatic carbocycles. The third-order valence-corrected chi connectivity index (χ3v) is 4.18. The first-order valence-corrected chi connectivity index (χ1v) is 7.26. The smallest absolute Gasteiger partial charge is 0.206 e. The number of aromatic nitrogens is 1. The molecule has 1 aromatic heterocycles. The van der Waals surface area contributed by atoms with Crippen molar-refractivity contribution < 1.29 is 9.59 Å². The minimum absolute atomic E-state index is 0.0798. The van der Waals surface area contributed by atoms with Crippen molar-refractivity contribution in [3.8, 4) is 0 Å². The van der Waals surface area contributed by atoms with E-state index < -0.39 is 11.6 Å². The number of halogens is 2. The quantitative estimate of drug-likeness (QED) is 0.852. The van der Waals surface area contributed by atoms with Gasteiger partial charge in [0.25, 0.3) is 0 Å². The summed E-state index contributed by atoms with van der Waals surface area (Å²) in [6.45, 7) is 1.97. The van der Waals surface area contributed by atoms with E-state index in [2.05, 4.69) is 4.98 Å². The van der Waals surface area contributed by atoms with E-state index in [1.54, 1.807) is 0 Å². The molecule has 3 nitrogen and oxygen atoms in total. The maximum atomic E-state index is 12.4. The van der Waals surface area contributed by atoms with Crippen LogP contribution in [0.2, 0.25) is 0 Å². The number of carbonyl (C=O) groups is 2. The molecule has 0 fully saturated rings. The largest absolute Gasteiger partial charge is 0.358 e. The van der Waals surface area contributed by atoms with Gasteiger partial charge in [0.1, 0.15) is 0 Å². The van der Waals surface area contributed by atoms with E-state index in [4.69, 9.17) is 23.2 Å². The van der Waals surface area contributed by atoms with Crippen molar-refractivity contribution in [1.29, 1.82) is 0 Å². The van der Waals surface area contributed by atoms with Crippen molar-refractivity contribution in [3.05, 3.63) is 51.7 Å². The van der Waals surface area contributed by atoms with Crippen LogP contribution >= 0.6 is 23.2 Å². The van der Waals surface area contributed by atoms with Crippen LogP contribution in [-0.2, 0) is 16.0 Å². The van der Waals surface area contributed by atoms with Gasteiger partial charge in [-0.05, 0) is 12.5 Å². The second-order valence-corrected chi connectivity index (χ2v) is 5.54. The molecule has 0 saturated heterocycles. The predicted molar refractivity (Wildman–Crippen MR) is 84.4 cm³/mol. The lowest BCUT2D eigenvalue weighted by molar-refractivity contribution is -0.113. The second-order valence-electron chi connectivity index (χ2n) is 4.75. The molecular formula is C16H11Cl2NO2. The average molecular weight is 320 g/mol. The lowest BCUT2D eigenvalue weighted by Crippen LogP contribution is -2.14. The van der Waals surface area contributed by atoms with E-state index in [-0.39, 0.29) is 15.6 Å². The van der Waals surface area contributed by atoms with Crippen molar-refractivity contribution in [2.24, 2.45) is 0 Å². The van der Waals surface area contributed by atoms with Crippen LogP contribution in [0.25, 0.3) is 16.5 Å². The predicted octanol–water partition coefficient (Wildman–Crippen LogP) is 3.95. The van der Waals surface area contributed by atoms with Crippen LogP contribution in [0.1, 0.15) is 18.2 Å². The Labute approximate surface area is 131 Å². The number of benzene rings is 1. The number of para-hydroxylation sites is 1. The van der Waals surface area contributed by atoms with Gasteiger partial charge in [-0.15, -0.1) is 0 Å². The summed E-state index contributed by atoms with van der Waals surface area (Å²) in [7, 11) is 0. The molecule has 1 heterocycles. The fraction of sp³-hybridized carbons (Fsp3) is 0.125. The highest BCUT2D eigenvalue weighted by atomic mass is 35.5. The van der Waals surface area contributed by atoms with Gasteiger partial charge in [0, 0.05) is 28.2 Å². The summed E-state index contributed by atoms with van der Waals surface area (Å²) in [6.07, 6.45) is 1.75. The average Bonchev–Trinajstić information content (AvgIpc) is 2.84. The molecule has 21 heavy (non-hydrogen) atoms. The number of H-pyrrole nitrogens is 1. The SMILES string of the molecule is CCc1[nH]c2ccccc2c1C1=C(Cl)C(=O)C=C(Cl)C1=O. The summed E-state index contributed by atoms with van der Waals surface area (Å²) in [5.41, 5.74) is 2.61. The Balaban J connectivity index is 2.36. The van der Waals surface area contributed by atoms with Crippen molar-refractivity contribution in [1.82, 2.24) is 4.98 Å². The lowest BCUT2D eigenvalue weighted by atomic mass is 9.93. The fourth-order valence-electron chi connectivity index (χ4n) is 2.56. The maximum Gasteiger partial charge on any atom is 0.206 e. The number of rotatable bonds is 2. The zero-order valence-corrected chi connectivity index (χ0v) is 12.7. The van der Waals surface area contributed by atoms with Crippen molar-refractivity contribution in [2.45, 2.75) is 13.3 Å². The molecule has 5 heteroatoms. The molecule has 1 N–H and O–H groups in total. The van der Waals surface area contributed by atoms with Crippen molar-refractivity contribution in [2.75, 3.05) is 0 Å². The Morgan fingerprint density at radius 1 is 1.14 bits per heavy atom. The molecule has 0 saturated carbocycles. The molecule has 1 aliphatic carbocycles. The van der Waals surface area contributed by atoms with E-state index >= 15 is 0 Å². The van der Waals surface area contributed by atoms with Gasteiger partial charge in [-0.1, -0.05) is 48.3 Å². The van der Waals surface area contributed by atoms with Gasteiger partial charge < -0.3 is 4.98 Å². The van der Waals surface area contributed by atoms with Gasteiger partial charge in [0.2, 0.25) is 5.78 Å². The number of hydrogen-bond donors (Lipinski definition) is 1. The zero-order chi connectivity index (χ0) is 15.1. The summed E-state index contributed by atoms with van der Waals surface area (Å²) in [4.78, 5) is 27.5. The van der Waals surface area contributed by atoms with Crippen LogP contribution < -0.4 is 0 Å². The van der Waals surface area contributed by atoms with Crippen LogP contribution in [0.3, 0.4) is 0 Å². The van der Waals surface area contributed by atoms with E-state index in [0.29, 0.717) is 12.0 Å². The molecule has 106 valence electrons. The first-order chi connectivity index (χ1) is 10.0. The maximum absolute atomic E-state index is 12.4. The minimum atomic E-state index is -0.441. The first kappa shape index (κ1) is 14.1. The van der Waals surface area contributed by atoms with Gasteiger partial charge in [-0.3, -0.25) is 9.59 Å². The monoisotopic (exact) mass is 319 g/mol.